The van der Waals surface area contributed by atoms with Crippen molar-refractivity contribution in [1.29, 1.82) is 0 Å². The van der Waals surface area contributed by atoms with Crippen molar-refractivity contribution in [3.05, 3.63) is 35.4 Å². The fraction of sp³-hybridized carbons (Fsp3) is 0.625. The molecule has 1 heterocycles. The molecule has 0 aromatic heterocycles. The number of rotatable bonds is 7. The van der Waals surface area contributed by atoms with Gasteiger partial charge in [0.15, 0.2) is 5.78 Å². The van der Waals surface area contributed by atoms with Crippen molar-refractivity contribution in [2.45, 2.75) is 64.8 Å². The van der Waals surface area contributed by atoms with Crippen LogP contribution >= 0.6 is 0 Å². The number of hydrogen-bond acceptors (Lipinski definition) is 4. The van der Waals surface area contributed by atoms with Gasteiger partial charge in [0.2, 0.25) is 5.91 Å². The van der Waals surface area contributed by atoms with Crippen LogP contribution in [0.1, 0.15) is 68.3 Å². The number of hydrogen-bond donors (Lipinski definition) is 2. The molecule has 1 aliphatic heterocycles. The number of Topliss-reactive ketones (excluding diaryl/α,β-unsaturated/α-hetero) is 1. The van der Waals surface area contributed by atoms with Gasteiger partial charge in [-0.15, -0.1) is 0 Å². The number of carbonyl (C=O) groups excluding carboxylic acids is 3. The first-order valence-electron chi connectivity index (χ1n) is 11.4. The number of urea groups is 1. The SMILES string of the molecule is CC(C)Cc1ccc(C(=O)C2CCN(CC(=O)NC(=O)NC3CCCC3)CC2)cc1. The Morgan fingerprint density at radius 3 is 2.23 bits per heavy atom. The molecule has 6 heteroatoms. The number of carbonyl (C=O) groups is 3. The molecule has 6 nitrogen and oxygen atoms in total. The molecule has 0 atom stereocenters. The Morgan fingerprint density at radius 1 is 1.00 bits per heavy atom. The molecule has 1 aromatic rings. The molecular weight excluding hydrogens is 378 g/mol. The first-order valence-corrected chi connectivity index (χ1v) is 11.4. The third-order valence-electron chi connectivity index (χ3n) is 6.15. The Kier molecular flexibility index (Phi) is 8.02. The molecule has 2 N–H and O–H groups in total. The van der Waals surface area contributed by atoms with E-state index in [1.165, 1.54) is 5.56 Å². The van der Waals surface area contributed by atoms with E-state index in [1.807, 2.05) is 17.0 Å². The summed E-state index contributed by atoms with van der Waals surface area (Å²) in [5.41, 5.74) is 2.04. The van der Waals surface area contributed by atoms with E-state index in [0.29, 0.717) is 19.0 Å². The summed E-state index contributed by atoms with van der Waals surface area (Å²) in [4.78, 5) is 38.9. The minimum atomic E-state index is -0.391. The minimum Gasteiger partial charge on any atom is -0.335 e. The molecule has 0 bridgehead atoms. The van der Waals surface area contributed by atoms with Gasteiger partial charge in [0.05, 0.1) is 6.54 Å². The Labute approximate surface area is 179 Å². The predicted octanol–water partition coefficient (Wildman–Crippen LogP) is 3.55. The quantitative estimate of drug-likeness (QED) is 0.670. The van der Waals surface area contributed by atoms with Crippen LogP contribution in [0.2, 0.25) is 0 Å². The Morgan fingerprint density at radius 2 is 1.63 bits per heavy atom. The first-order chi connectivity index (χ1) is 14.4. The molecule has 2 aliphatic rings. The standard InChI is InChI=1S/C24H35N3O3/c1-17(2)15-18-7-9-19(10-8-18)23(29)20-11-13-27(14-12-20)16-22(28)26-24(30)25-21-5-3-4-6-21/h7-10,17,20-21H,3-6,11-16H2,1-2H3,(H2,25,26,28,30). The van der Waals surface area contributed by atoms with E-state index in [0.717, 1.165) is 50.5 Å². The van der Waals surface area contributed by atoms with E-state index >= 15 is 0 Å². The lowest BCUT2D eigenvalue weighted by Gasteiger charge is -2.30. The Hall–Kier alpha value is -2.21. The summed E-state index contributed by atoms with van der Waals surface area (Å²) in [7, 11) is 0. The summed E-state index contributed by atoms with van der Waals surface area (Å²) in [6.45, 7) is 5.96. The lowest BCUT2D eigenvalue weighted by molar-refractivity contribution is -0.121. The molecule has 2 fully saturated rings. The molecule has 1 aliphatic carbocycles. The van der Waals surface area contributed by atoms with E-state index in [-0.39, 0.29) is 30.2 Å². The number of nitrogens with one attached hydrogen (secondary N) is 2. The molecule has 1 saturated heterocycles. The van der Waals surface area contributed by atoms with Gasteiger partial charge >= 0.3 is 6.03 Å². The number of benzene rings is 1. The molecule has 3 amide bonds. The molecule has 0 spiro atoms. The number of imide groups is 1. The van der Waals surface area contributed by atoms with Gasteiger partial charge in [-0.2, -0.15) is 0 Å². The number of nitrogens with zero attached hydrogens (tertiary/aromatic N) is 1. The highest BCUT2D eigenvalue weighted by Crippen LogP contribution is 2.22. The molecule has 1 aromatic carbocycles. The summed E-state index contributed by atoms with van der Waals surface area (Å²) in [6.07, 6.45) is 6.76. The van der Waals surface area contributed by atoms with Gasteiger partial charge in [0.1, 0.15) is 0 Å². The lowest BCUT2D eigenvalue weighted by Crippen LogP contribution is -2.48. The average Bonchev–Trinajstić information content (AvgIpc) is 3.21. The smallest absolute Gasteiger partial charge is 0.321 e. The summed E-state index contributed by atoms with van der Waals surface area (Å²) in [5.74, 6) is 0.523. The van der Waals surface area contributed by atoms with E-state index < -0.39 is 6.03 Å². The number of ketones is 1. The maximum atomic E-state index is 12.8. The average molecular weight is 414 g/mol. The topological polar surface area (TPSA) is 78.5 Å². The monoisotopic (exact) mass is 413 g/mol. The largest absolute Gasteiger partial charge is 0.335 e. The van der Waals surface area contributed by atoms with Crippen molar-refractivity contribution in [3.8, 4) is 0 Å². The Bertz CT molecular complexity index is 731. The third-order valence-corrected chi connectivity index (χ3v) is 6.15. The maximum absolute atomic E-state index is 12.8. The van der Waals surface area contributed by atoms with Crippen LogP contribution in [0.4, 0.5) is 4.79 Å². The Balaban J connectivity index is 1.40. The van der Waals surface area contributed by atoms with Crippen LogP contribution in [-0.2, 0) is 11.2 Å². The maximum Gasteiger partial charge on any atom is 0.321 e. The van der Waals surface area contributed by atoms with Gasteiger partial charge in [0, 0.05) is 17.5 Å². The van der Waals surface area contributed by atoms with Crippen LogP contribution in [0.5, 0.6) is 0 Å². The van der Waals surface area contributed by atoms with Gasteiger partial charge in [-0.3, -0.25) is 19.8 Å². The summed E-state index contributed by atoms with van der Waals surface area (Å²) >= 11 is 0. The van der Waals surface area contributed by atoms with Crippen molar-refractivity contribution < 1.29 is 14.4 Å². The van der Waals surface area contributed by atoms with Gasteiger partial charge < -0.3 is 5.32 Å². The van der Waals surface area contributed by atoms with Gasteiger partial charge in [-0.05, 0) is 56.7 Å². The second-order valence-corrected chi connectivity index (χ2v) is 9.21. The van der Waals surface area contributed by atoms with Crippen LogP contribution in [0.25, 0.3) is 0 Å². The van der Waals surface area contributed by atoms with Crippen molar-refractivity contribution in [1.82, 2.24) is 15.5 Å². The zero-order valence-corrected chi connectivity index (χ0v) is 18.3. The first kappa shape index (κ1) is 22.5. The van der Waals surface area contributed by atoms with Crippen molar-refractivity contribution >= 4 is 17.7 Å². The third kappa shape index (κ3) is 6.66. The fourth-order valence-corrected chi connectivity index (χ4v) is 4.53. The van der Waals surface area contributed by atoms with Crippen molar-refractivity contribution in [3.63, 3.8) is 0 Å². The van der Waals surface area contributed by atoms with E-state index in [9.17, 15) is 14.4 Å². The molecule has 30 heavy (non-hydrogen) atoms. The number of piperidine rings is 1. The summed E-state index contributed by atoms with van der Waals surface area (Å²) < 4.78 is 0. The highest BCUT2D eigenvalue weighted by Gasteiger charge is 2.27. The zero-order valence-electron chi connectivity index (χ0n) is 18.3. The van der Waals surface area contributed by atoms with Crippen molar-refractivity contribution in [2.24, 2.45) is 11.8 Å². The fourth-order valence-electron chi connectivity index (χ4n) is 4.53. The molecule has 164 valence electrons. The second-order valence-electron chi connectivity index (χ2n) is 9.21. The zero-order chi connectivity index (χ0) is 21.5. The molecule has 3 rings (SSSR count). The van der Waals surface area contributed by atoms with Crippen molar-refractivity contribution in [2.75, 3.05) is 19.6 Å². The van der Waals surface area contributed by atoms with E-state index in [1.54, 1.807) is 0 Å². The van der Waals surface area contributed by atoms with Gasteiger partial charge in [0.25, 0.3) is 0 Å². The van der Waals surface area contributed by atoms with Crippen LogP contribution in [-0.4, -0.2) is 48.3 Å². The van der Waals surface area contributed by atoms with Crippen LogP contribution in [0.3, 0.4) is 0 Å². The number of amides is 3. The highest BCUT2D eigenvalue weighted by molar-refractivity contribution is 5.98. The van der Waals surface area contributed by atoms with Gasteiger partial charge in [-0.25, -0.2) is 4.79 Å². The molecule has 0 unspecified atom stereocenters. The summed E-state index contributed by atoms with van der Waals surface area (Å²) in [6, 6.07) is 7.81. The van der Waals surface area contributed by atoms with E-state index in [4.69, 9.17) is 0 Å². The summed E-state index contributed by atoms with van der Waals surface area (Å²) in [5, 5.41) is 5.30. The van der Waals surface area contributed by atoms with Crippen LogP contribution in [0.15, 0.2) is 24.3 Å². The van der Waals surface area contributed by atoms with Crippen LogP contribution in [0, 0.1) is 11.8 Å². The normalized spacial score (nSPS) is 18.5. The minimum absolute atomic E-state index is 0.00549. The second kappa shape index (κ2) is 10.7. The highest BCUT2D eigenvalue weighted by atomic mass is 16.2. The van der Waals surface area contributed by atoms with E-state index in [2.05, 4.69) is 36.6 Å². The predicted molar refractivity (Wildman–Crippen MR) is 117 cm³/mol. The molecule has 0 radical (unpaired) electrons. The molecular formula is C24H35N3O3. The molecule has 1 saturated carbocycles. The lowest BCUT2D eigenvalue weighted by atomic mass is 9.88. The van der Waals surface area contributed by atoms with Crippen LogP contribution < -0.4 is 10.6 Å². The number of likely N-dealkylation sites (tertiary alicyclic amines) is 1. The van der Waals surface area contributed by atoms with Gasteiger partial charge in [-0.1, -0.05) is 51.0 Å².